The summed E-state index contributed by atoms with van der Waals surface area (Å²) >= 11 is 0. The highest BCUT2D eigenvalue weighted by Crippen LogP contribution is 2.10. The molecule has 2 aromatic rings. The van der Waals surface area contributed by atoms with E-state index in [1.165, 1.54) is 12.1 Å². The van der Waals surface area contributed by atoms with Crippen molar-refractivity contribution in [3.8, 4) is 6.07 Å². The third kappa shape index (κ3) is 3.92. The quantitative estimate of drug-likeness (QED) is 0.925. The van der Waals surface area contributed by atoms with E-state index in [2.05, 4.69) is 5.32 Å². The number of amides is 1. The number of rotatable bonds is 4. The van der Waals surface area contributed by atoms with Gasteiger partial charge in [-0.1, -0.05) is 12.1 Å². The summed E-state index contributed by atoms with van der Waals surface area (Å²) in [6, 6.07) is 14.8. The second-order valence-corrected chi connectivity index (χ2v) is 4.36. The zero-order chi connectivity index (χ0) is 14.4. The molecular weight excluding hydrogens is 255 g/mol. The van der Waals surface area contributed by atoms with Crippen LogP contribution in [0.3, 0.4) is 0 Å². The van der Waals surface area contributed by atoms with Crippen molar-refractivity contribution < 1.29 is 9.18 Å². The molecule has 0 unspecified atom stereocenters. The molecule has 0 fully saturated rings. The first kappa shape index (κ1) is 13.8. The van der Waals surface area contributed by atoms with E-state index < -0.39 is 0 Å². The fraction of sp³-hybridized carbons (Fsp3) is 0.125. The zero-order valence-electron chi connectivity index (χ0n) is 10.8. The first-order valence-corrected chi connectivity index (χ1v) is 6.22. The number of hydrogen-bond acceptors (Lipinski definition) is 2. The highest BCUT2D eigenvalue weighted by molar-refractivity contribution is 5.90. The Labute approximate surface area is 116 Å². The fourth-order valence-electron chi connectivity index (χ4n) is 1.76. The van der Waals surface area contributed by atoms with Gasteiger partial charge in [0.15, 0.2) is 0 Å². The normalized spacial score (nSPS) is 9.80. The summed E-state index contributed by atoms with van der Waals surface area (Å²) in [5, 5.41) is 11.4. The Hall–Kier alpha value is -2.67. The number of halogens is 1. The molecule has 1 amide bonds. The predicted octanol–water partition coefficient (Wildman–Crippen LogP) is 3.27. The molecule has 0 aliphatic rings. The van der Waals surface area contributed by atoms with Crippen molar-refractivity contribution in [2.45, 2.75) is 12.8 Å². The monoisotopic (exact) mass is 268 g/mol. The lowest BCUT2D eigenvalue weighted by Crippen LogP contribution is -2.12. The highest BCUT2D eigenvalue weighted by Gasteiger charge is 2.03. The molecule has 0 saturated carbocycles. The molecule has 2 rings (SSSR count). The van der Waals surface area contributed by atoms with Crippen LogP contribution in [-0.4, -0.2) is 5.91 Å². The van der Waals surface area contributed by atoms with Crippen LogP contribution in [0.2, 0.25) is 0 Å². The van der Waals surface area contributed by atoms with Gasteiger partial charge in [-0.25, -0.2) is 4.39 Å². The van der Waals surface area contributed by atoms with Crippen LogP contribution >= 0.6 is 0 Å². The molecule has 2 aromatic carbocycles. The number of nitriles is 1. The minimum atomic E-state index is -0.282. The number of carbonyl (C=O) groups excluding carboxylic acids is 1. The van der Waals surface area contributed by atoms with E-state index in [4.69, 9.17) is 5.26 Å². The van der Waals surface area contributed by atoms with E-state index in [9.17, 15) is 9.18 Å². The van der Waals surface area contributed by atoms with Gasteiger partial charge in [-0.05, 0) is 48.4 Å². The molecule has 3 nitrogen and oxygen atoms in total. The van der Waals surface area contributed by atoms with E-state index >= 15 is 0 Å². The Balaban J connectivity index is 1.86. The lowest BCUT2D eigenvalue weighted by atomic mass is 10.1. The van der Waals surface area contributed by atoms with Gasteiger partial charge >= 0.3 is 0 Å². The van der Waals surface area contributed by atoms with Crippen molar-refractivity contribution >= 4 is 11.6 Å². The molecule has 0 atom stereocenters. The average Bonchev–Trinajstić information content (AvgIpc) is 2.47. The second kappa shape index (κ2) is 6.48. The Morgan fingerprint density at radius 1 is 1.10 bits per heavy atom. The molecule has 0 heterocycles. The van der Waals surface area contributed by atoms with Gasteiger partial charge in [-0.3, -0.25) is 4.79 Å². The molecule has 0 radical (unpaired) electrons. The van der Waals surface area contributed by atoms with Gasteiger partial charge in [0.1, 0.15) is 5.82 Å². The van der Waals surface area contributed by atoms with Gasteiger partial charge in [-0.15, -0.1) is 0 Å². The number of benzene rings is 2. The third-order valence-electron chi connectivity index (χ3n) is 2.85. The van der Waals surface area contributed by atoms with E-state index in [1.54, 1.807) is 36.4 Å². The van der Waals surface area contributed by atoms with Gasteiger partial charge in [0.25, 0.3) is 0 Å². The topological polar surface area (TPSA) is 52.9 Å². The standard InChI is InChI=1S/C16H13FN2O/c17-14-6-1-12(2-7-14)5-10-16(20)19-15-8-3-13(11-18)4-9-15/h1-4,6-9H,5,10H2,(H,19,20). The lowest BCUT2D eigenvalue weighted by molar-refractivity contribution is -0.116. The van der Waals surface area contributed by atoms with Crippen LogP contribution in [0.25, 0.3) is 0 Å². The average molecular weight is 268 g/mol. The molecule has 0 spiro atoms. The van der Waals surface area contributed by atoms with Gasteiger partial charge in [0, 0.05) is 12.1 Å². The van der Waals surface area contributed by atoms with Crippen LogP contribution in [0.15, 0.2) is 48.5 Å². The maximum absolute atomic E-state index is 12.7. The lowest BCUT2D eigenvalue weighted by Gasteiger charge is -2.05. The van der Waals surface area contributed by atoms with Gasteiger partial charge in [-0.2, -0.15) is 5.26 Å². The molecular formula is C16H13FN2O. The van der Waals surface area contributed by atoms with Crippen LogP contribution < -0.4 is 5.32 Å². The Morgan fingerprint density at radius 2 is 1.75 bits per heavy atom. The van der Waals surface area contributed by atoms with E-state index in [0.29, 0.717) is 24.1 Å². The van der Waals surface area contributed by atoms with Crippen molar-refractivity contribution in [1.29, 1.82) is 5.26 Å². The number of aryl methyl sites for hydroxylation is 1. The molecule has 0 bridgehead atoms. The first-order chi connectivity index (χ1) is 9.67. The zero-order valence-corrected chi connectivity index (χ0v) is 10.8. The SMILES string of the molecule is N#Cc1ccc(NC(=O)CCc2ccc(F)cc2)cc1. The molecule has 0 aromatic heterocycles. The minimum Gasteiger partial charge on any atom is -0.326 e. The Morgan fingerprint density at radius 3 is 2.35 bits per heavy atom. The number of nitrogens with one attached hydrogen (secondary N) is 1. The molecule has 0 aliphatic carbocycles. The smallest absolute Gasteiger partial charge is 0.224 e. The van der Waals surface area contributed by atoms with Crippen LogP contribution in [0.5, 0.6) is 0 Å². The number of nitrogens with zero attached hydrogens (tertiary/aromatic N) is 1. The Bertz CT molecular complexity index is 627. The van der Waals surface area contributed by atoms with Crippen LogP contribution in [0, 0.1) is 17.1 Å². The van der Waals surface area contributed by atoms with E-state index in [0.717, 1.165) is 5.56 Å². The minimum absolute atomic E-state index is 0.112. The first-order valence-electron chi connectivity index (χ1n) is 6.22. The molecule has 100 valence electrons. The maximum Gasteiger partial charge on any atom is 0.224 e. The number of hydrogen-bond donors (Lipinski definition) is 1. The molecule has 0 saturated heterocycles. The molecule has 4 heteroatoms. The summed E-state index contributed by atoms with van der Waals surface area (Å²) in [5.74, 6) is -0.394. The van der Waals surface area contributed by atoms with Crippen molar-refractivity contribution in [1.82, 2.24) is 0 Å². The van der Waals surface area contributed by atoms with Crippen LogP contribution in [0.4, 0.5) is 10.1 Å². The molecule has 20 heavy (non-hydrogen) atoms. The number of carbonyl (C=O) groups is 1. The van der Waals surface area contributed by atoms with Gasteiger partial charge in [0.05, 0.1) is 11.6 Å². The summed E-state index contributed by atoms with van der Waals surface area (Å²) < 4.78 is 12.7. The van der Waals surface area contributed by atoms with Crippen LogP contribution in [0.1, 0.15) is 17.5 Å². The van der Waals surface area contributed by atoms with Crippen molar-refractivity contribution in [3.05, 3.63) is 65.5 Å². The predicted molar refractivity (Wildman–Crippen MR) is 74.5 cm³/mol. The summed E-state index contributed by atoms with van der Waals surface area (Å²) in [6.45, 7) is 0. The summed E-state index contributed by atoms with van der Waals surface area (Å²) in [7, 11) is 0. The largest absolute Gasteiger partial charge is 0.326 e. The number of anilines is 1. The van der Waals surface area contributed by atoms with E-state index in [1.807, 2.05) is 6.07 Å². The van der Waals surface area contributed by atoms with Crippen molar-refractivity contribution in [3.63, 3.8) is 0 Å². The van der Waals surface area contributed by atoms with Gasteiger partial charge < -0.3 is 5.32 Å². The summed E-state index contributed by atoms with van der Waals surface area (Å²) in [6.07, 6.45) is 0.883. The van der Waals surface area contributed by atoms with Crippen molar-refractivity contribution in [2.24, 2.45) is 0 Å². The van der Waals surface area contributed by atoms with E-state index in [-0.39, 0.29) is 11.7 Å². The fourth-order valence-corrected chi connectivity index (χ4v) is 1.76. The van der Waals surface area contributed by atoms with Crippen LogP contribution in [-0.2, 0) is 11.2 Å². The molecule has 1 N–H and O–H groups in total. The summed E-state index contributed by atoms with van der Waals surface area (Å²) in [4.78, 5) is 11.8. The van der Waals surface area contributed by atoms with Gasteiger partial charge in [0.2, 0.25) is 5.91 Å². The molecule has 0 aliphatic heterocycles. The highest BCUT2D eigenvalue weighted by atomic mass is 19.1. The second-order valence-electron chi connectivity index (χ2n) is 4.36. The third-order valence-corrected chi connectivity index (χ3v) is 2.85. The Kier molecular flexibility index (Phi) is 4.46. The van der Waals surface area contributed by atoms with Crippen molar-refractivity contribution in [2.75, 3.05) is 5.32 Å². The maximum atomic E-state index is 12.7. The summed E-state index contributed by atoms with van der Waals surface area (Å²) in [5.41, 5.74) is 2.13.